The molecule has 0 aliphatic heterocycles. The molecule has 0 amide bonds. The van der Waals surface area contributed by atoms with Crippen LogP contribution >= 0.6 is 0 Å². The Morgan fingerprint density at radius 1 is 0.707 bits per heavy atom. The number of carbonyl (C=O) groups excluding carboxylic acids is 4. The topological polar surface area (TPSA) is 105 Å². The van der Waals surface area contributed by atoms with E-state index in [0.717, 1.165) is 6.08 Å². The monoisotopic (exact) mass is 556 g/mol. The number of allylic oxidation sites excluding steroid dienone is 1. The summed E-state index contributed by atoms with van der Waals surface area (Å²) >= 11 is 0. The molecule has 0 spiro atoms. The van der Waals surface area contributed by atoms with E-state index in [1.165, 1.54) is 6.08 Å². The summed E-state index contributed by atoms with van der Waals surface area (Å²) in [4.78, 5) is 47.9. The minimum absolute atomic E-state index is 0.0292. The Balaban J connectivity index is 1.51. The summed E-state index contributed by atoms with van der Waals surface area (Å²) in [6.07, 6.45) is 3.87. The number of aryl methyl sites for hydroxylation is 1. The molecular formula is C33H32O8. The van der Waals surface area contributed by atoms with Gasteiger partial charge < -0.3 is 18.9 Å². The Kier molecular flexibility index (Phi) is 11.6. The number of benzene rings is 3. The fourth-order valence-corrected chi connectivity index (χ4v) is 3.64. The smallest absolute Gasteiger partial charge is 0.343 e. The summed E-state index contributed by atoms with van der Waals surface area (Å²) < 4.78 is 21.7. The molecule has 0 aliphatic rings. The third kappa shape index (κ3) is 9.61. The van der Waals surface area contributed by atoms with Gasteiger partial charge in [-0.3, -0.25) is 9.59 Å². The average molecular weight is 557 g/mol. The van der Waals surface area contributed by atoms with Crippen molar-refractivity contribution in [1.82, 2.24) is 0 Å². The number of hydrogen-bond donors (Lipinski definition) is 0. The van der Waals surface area contributed by atoms with Crippen molar-refractivity contribution < 1.29 is 38.1 Å². The number of hydrogen-bond acceptors (Lipinski definition) is 8. The van der Waals surface area contributed by atoms with Crippen molar-refractivity contribution in [3.8, 4) is 17.2 Å². The van der Waals surface area contributed by atoms with Crippen molar-refractivity contribution in [2.24, 2.45) is 0 Å². The molecule has 8 heteroatoms. The first-order valence-corrected chi connectivity index (χ1v) is 13.1. The highest BCUT2D eigenvalue weighted by molar-refractivity contribution is 6.09. The zero-order chi connectivity index (χ0) is 29.6. The molecule has 0 atom stereocenters. The molecule has 0 unspecified atom stereocenters. The first-order chi connectivity index (χ1) is 19.8. The van der Waals surface area contributed by atoms with Crippen LogP contribution in [0.15, 0.2) is 92.0 Å². The van der Waals surface area contributed by atoms with Gasteiger partial charge >= 0.3 is 11.9 Å². The van der Waals surface area contributed by atoms with Gasteiger partial charge in [0.1, 0.15) is 17.2 Å². The molecule has 0 saturated heterocycles. The van der Waals surface area contributed by atoms with Crippen molar-refractivity contribution in [3.63, 3.8) is 0 Å². The van der Waals surface area contributed by atoms with Crippen molar-refractivity contribution in [1.29, 1.82) is 0 Å². The van der Waals surface area contributed by atoms with E-state index >= 15 is 0 Å². The van der Waals surface area contributed by atoms with Gasteiger partial charge in [-0.25, -0.2) is 9.59 Å². The van der Waals surface area contributed by atoms with Gasteiger partial charge in [0.2, 0.25) is 0 Å². The molecule has 3 aromatic rings. The van der Waals surface area contributed by atoms with Crippen LogP contribution in [0.3, 0.4) is 0 Å². The van der Waals surface area contributed by atoms with Crippen LogP contribution < -0.4 is 14.2 Å². The Morgan fingerprint density at radius 3 is 1.88 bits per heavy atom. The lowest BCUT2D eigenvalue weighted by molar-refractivity contribution is -0.137. The van der Waals surface area contributed by atoms with E-state index in [1.54, 1.807) is 73.7 Å². The van der Waals surface area contributed by atoms with Crippen LogP contribution in [0.1, 0.15) is 51.1 Å². The van der Waals surface area contributed by atoms with E-state index in [4.69, 9.17) is 18.9 Å². The number of ketones is 2. The maximum atomic E-state index is 13.0. The van der Waals surface area contributed by atoms with Gasteiger partial charge in [0, 0.05) is 30.0 Å². The highest BCUT2D eigenvalue weighted by Gasteiger charge is 2.15. The Hall–Kier alpha value is -4.98. The van der Waals surface area contributed by atoms with Gasteiger partial charge in [-0.05, 0) is 91.7 Å². The zero-order valence-electron chi connectivity index (χ0n) is 22.9. The molecule has 0 aliphatic carbocycles. The summed E-state index contributed by atoms with van der Waals surface area (Å²) in [5.74, 6) is 0.299. The minimum atomic E-state index is -0.537. The summed E-state index contributed by atoms with van der Waals surface area (Å²) in [6, 6.07) is 18.2. The predicted octanol–water partition coefficient (Wildman–Crippen LogP) is 5.86. The summed E-state index contributed by atoms with van der Waals surface area (Å²) in [6.45, 7) is 9.50. The van der Waals surface area contributed by atoms with Gasteiger partial charge in [0.25, 0.3) is 0 Å². The van der Waals surface area contributed by atoms with Crippen LogP contribution in [0.4, 0.5) is 0 Å². The van der Waals surface area contributed by atoms with E-state index in [1.807, 2.05) is 0 Å². The molecule has 41 heavy (non-hydrogen) atoms. The molecule has 3 aromatic carbocycles. The normalized spacial score (nSPS) is 10.3. The van der Waals surface area contributed by atoms with Crippen molar-refractivity contribution in [3.05, 3.63) is 114 Å². The first-order valence-electron chi connectivity index (χ1n) is 13.1. The molecule has 0 saturated carbocycles. The number of ether oxygens (including phenoxy) is 4. The first kappa shape index (κ1) is 30.6. The van der Waals surface area contributed by atoms with E-state index in [9.17, 15) is 19.2 Å². The second-order valence-electron chi connectivity index (χ2n) is 8.94. The van der Waals surface area contributed by atoms with Crippen LogP contribution in [0.25, 0.3) is 0 Å². The maximum Gasteiger partial charge on any atom is 0.343 e. The van der Waals surface area contributed by atoms with Gasteiger partial charge in [-0.2, -0.15) is 0 Å². The Bertz CT molecular complexity index is 1390. The molecule has 212 valence electrons. The third-order valence-electron chi connectivity index (χ3n) is 5.88. The van der Waals surface area contributed by atoms with E-state index in [-0.39, 0.29) is 18.2 Å². The standard InChI is InChI=1S/C33H32O8/c1-4-27(34)8-6-19-38-29-16-11-25(12-17-29)33(37)41-30-18-13-26(22-23(30)3)32(36)24-9-14-28(15-10-24)39-20-7-21-40-31(35)5-2/h4-5,9-18,22H,1-2,6-8,19-21H2,3H3. The molecule has 0 heterocycles. The van der Waals surface area contributed by atoms with Crippen molar-refractivity contribution in [2.45, 2.75) is 26.2 Å². The fourth-order valence-electron chi connectivity index (χ4n) is 3.64. The molecule has 0 fully saturated rings. The van der Waals surface area contributed by atoms with E-state index in [0.29, 0.717) is 72.0 Å². The Labute approximate surface area is 239 Å². The van der Waals surface area contributed by atoms with Gasteiger partial charge in [-0.1, -0.05) is 13.2 Å². The van der Waals surface area contributed by atoms with E-state index < -0.39 is 11.9 Å². The lowest BCUT2D eigenvalue weighted by atomic mass is 10.0. The average Bonchev–Trinajstić information content (AvgIpc) is 3.00. The van der Waals surface area contributed by atoms with Crippen LogP contribution in [0.2, 0.25) is 0 Å². The summed E-state index contributed by atoms with van der Waals surface area (Å²) in [5.41, 5.74) is 1.92. The van der Waals surface area contributed by atoms with Gasteiger partial charge in [-0.15, -0.1) is 0 Å². The van der Waals surface area contributed by atoms with Gasteiger partial charge in [0.05, 0.1) is 25.4 Å². The highest BCUT2D eigenvalue weighted by atomic mass is 16.5. The third-order valence-corrected chi connectivity index (χ3v) is 5.88. The fraction of sp³-hybridized carbons (Fsp3) is 0.212. The lowest BCUT2D eigenvalue weighted by Crippen LogP contribution is -2.10. The van der Waals surface area contributed by atoms with Crippen LogP contribution in [0, 0.1) is 6.92 Å². The van der Waals surface area contributed by atoms with E-state index in [2.05, 4.69) is 13.2 Å². The van der Waals surface area contributed by atoms with Crippen LogP contribution in [-0.2, 0) is 14.3 Å². The largest absolute Gasteiger partial charge is 0.494 e. The quantitative estimate of drug-likeness (QED) is 0.0711. The SMILES string of the molecule is C=CC(=O)CCCOc1ccc(C(=O)Oc2ccc(C(=O)c3ccc(OCCCOC(=O)C=C)cc3)cc2C)cc1. The number of esters is 2. The zero-order valence-corrected chi connectivity index (χ0v) is 22.9. The maximum absolute atomic E-state index is 13.0. The second kappa shape index (κ2) is 15.6. The molecule has 0 N–H and O–H groups in total. The molecule has 3 rings (SSSR count). The number of carbonyl (C=O) groups is 4. The highest BCUT2D eigenvalue weighted by Crippen LogP contribution is 2.23. The predicted molar refractivity (Wildman–Crippen MR) is 154 cm³/mol. The van der Waals surface area contributed by atoms with Crippen LogP contribution in [0.5, 0.6) is 17.2 Å². The minimum Gasteiger partial charge on any atom is -0.494 e. The van der Waals surface area contributed by atoms with Crippen molar-refractivity contribution in [2.75, 3.05) is 19.8 Å². The molecule has 8 nitrogen and oxygen atoms in total. The molecule has 0 aromatic heterocycles. The molecule has 0 bridgehead atoms. The summed E-state index contributed by atoms with van der Waals surface area (Å²) in [5, 5.41) is 0. The van der Waals surface area contributed by atoms with Crippen molar-refractivity contribution >= 4 is 23.5 Å². The lowest BCUT2D eigenvalue weighted by Gasteiger charge is -2.10. The summed E-state index contributed by atoms with van der Waals surface area (Å²) in [7, 11) is 0. The van der Waals surface area contributed by atoms with Gasteiger partial charge in [0.15, 0.2) is 11.6 Å². The Morgan fingerprint density at radius 2 is 1.29 bits per heavy atom. The molecular weight excluding hydrogens is 524 g/mol. The molecule has 0 radical (unpaired) electrons. The second-order valence-corrected chi connectivity index (χ2v) is 8.94. The van der Waals surface area contributed by atoms with Crippen LogP contribution in [-0.4, -0.2) is 43.3 Å². The number of rotatable bonds is 16.